The zero-order valence-electron chi connectivity index (χ0n) is 34.6. The van der Waals surface area contributed by atoms with Gasteiger partial charge in [-0.2, -0.15) is 0 Å². The van der Waals surface area contributed by atoms with Crippen LogP contribution in [0, 0.1) is 56.2 Å². The van der Waals surface area contributed by atoms with E-state index < -0.39 is 28.3 Å². The number of hydrogen-bond acceptors (Lipinski definition) is 6. The van der Waals surface area contributed by atoms with E-state index in [2.05, 4.69) is 64.8 Å². The summed E-state index contributed by atoms with van der Waals surface area (Å²) in [5.41, 5.74) is 0.897. The number of amides is 1. The lowest BCUT2D eigenvalue weighted by Gasteiger charge is -2.72. The molecule has 0 spiro atoms. The van der Waals surface area contributed by atoms with Crippen LogP contribution >= 0.6 is 11.6 Å². The SMILES string of the molecule is CC(C)C1=C2[C@H]3CC[C@@H]4[C@@]5(C)CC[C@H](OC(=O)CC(C)(C)C(=O)O)C(C)(C)[C@@H]5CC[C@@]4(C)[C@]3(C)CC[C@@]2(/C=C/C(=O)NC2(c3ccc(Cl)cn3)CC2)CC1=O. The molecule has 0 bridgehead atoms. The first-order valence-corrected chi connectivity index (χ1v) is 21.3. The predicted molar refractivity (Wildman–Crippen MR) is 213 cm³/mol. The molecule has 0 aromatic carbocycles. The fraction of sp³-hybridized carbons (Fsp3) is 0.717. The summed E-state index contributed by atoms with van der Waals surface area (Å²) in [4.78, 5) is 57.1. The summed E-state index contributed by atoms with van der Waals surface area (Å²) in [7, 11) is 0. The second-order valence-electron chi connectivity index (χ2n) is 20.8. The minimum absolute atomic E-state index is 0.0161. The van der Waals surface area contributed by atoms with Gasteiger partial charge in [0.15, 0.2) is 5.78 Å². The largest absolute Gasteiger partial charge is 0.481 e. The average molecular weight is 775 g/mol. The van der Waals surface area contributed by atoms with Crippen LogP contribution < -0.4 is 5.32 Å². The Morgan fingerprint density at radius 3 is 2.29 bits per heavy atom. The van der Waals surface area contributed by atoms with Crippen molar-refractivity contribution in [2.24, 2.45) is 56.2 Å². The summed E-state index contributed by atoms with van der Waals surface area (Å²) in [6.45, 7) is 19.6. The van der Waals surface area contributed by atoms with Gasteiger partial charge in [0.05, 0.1) is 28.1 Å². The molecular weight excluding hydrogens is 712 g/mol. The molecule has 1 aromatic rings. The van der Waals surface area contributed by atoms with E-state index in [1.54, 1.807) is 26.1 Å². The van der Waals surface area contributed by atoms with Gasteiger partial charge >= 0.3 is 11.9 Å². The Hall–Kier alpha value is -3.00. The van der Waals surface area contributed by atoms with Crippen molar-refractivity contribution < 1.29 is 29.0 Å². The van der Waals surface area contributed by atoms with Gasteiger partial charge in [0, 0.05) is 23.4 Å². The molecule has 7 rings (SSSR count). The molecule has 6 aliphatic carbocycles. The van der Waals surface area contributed by atoms with Crippen molar-refractivity contribution in [3.05, 3.63) is 52.3 Å². The van der Waals surface area contributed by atoms with Crippen LogP contribution in [0.15, 0.2) is 41.6 Å². The van der Waals surface area contributed by atoms with Crippen molar-refractivity contribution in [3.8, 4) is 0 Å². The zero-order valence-corrected chi connectivity index (χ0v) is 35.3. The minimum atomic E-state index is -1.17. The molecule has 0 radical (unpaired) electrons. The number of Topliss-reactive ketones (excluding diaryl/α,β-unsaturated/α-hetero) is 1. The topological polar surface area (TPSA) is 123 Å². The predicted octanol–water partition coefficient (Wildman–Crippen LogP) is 9.79. The number of nitrogens with zero attached hydrogens (tertiary/aromatic N) is 1. The van der Waals surface area contributed by atoms with Crippen LogP contribution in [0.5, 0.6) is 0 Å². The van der Waals surface area contributed by atoms with Crippen LogP contribution in [0.2, 0.25) is 5.02 Å². The number of aromatic nitrogens is 1. The number of pyridine rings is 1. The smallest absolute Gasteiger partial charge is 0.309 e. The Bertz CT molecular complexity index is 1840. The fourth-order valence-electron chi connectivity index (χ4n) is 13.4. The maximum Gasteiger partial charge on any atom is 0.309 e. The van der Waals surface area contributed by atoms with E-state index in [0.29, 0.717) is 23.3 Å². The Kier molecular flexibility index (Phi) is 9.70. The number of carbonyl (C=O) groups excluding carboxylic acids is 3. The van der Waals surface area contributed by atoms with Crippen molar-refractivity contribution in [2.75, 3.05) is 0 Å². The van der Waals surface area contributed by atoms with E-state index in [9.17, 15) is 24.3 Å². The van der Waals surface area contributed by atoms with Gasteiger partial charge in [0.25, 0.3) is 0 Å². The van der Waals surface area contributed by atoms with Crippen LogP contribution in [0.4, 0.5) is 0 Å². The number of rotatable bonds is 9. The first-order valence-electron chi connectivity index (χ1n) is 20.9. The zero-order chi connectivity index (χ0) is 40.1. The van der Waals surface area contributed by atoms with Gasteiger partial charge in [0.2, 0.25) is 5.91 Å². The monoisotopic (exact) mass is 774 g/mol. The molecule has 6 aliphatic rings. The molecule has 1 aromatic heterocycles. The van der Waals surface area contributed by atoms with Gasteiger partial charge < -0.3 is 15.2 Å². The molecule has 8 nitrogen and oxygen atoms in total. The number of aliphatic carboxylic acids is 1. The van der Waals surface area contributed by atoms with Crippen LogP contribution in [-0.4, -0.2) is 39.8 Å². The quantitative estimate of drug-likeness (QED) is 0.189. The third-order valence-electron chi connectivity index (χ3n) is 16.7. The fourth-order valence-corrected chi connectivity index (χ4v) is 13.5. The van der Waals surface area contributed by atoms with Gasteiger partial charge in [-0.15, -0.1) is 0 Å². The molecule has 1 heterocycles. The number of carboxylic acid groups (broad SMARTS) is 1. The molecular formula is C46H63ClN2O6. The molecule has 0 aliphatic heterocycles. The number of halogens is 1. The summed E-state index contributed by atoms with van der Waals surface area (Å²) in [6.07, 6.45) is 15.0. The molecule has 5 fully saturated rings. The summed E-state index contributed by atoms with van der Waals surface area (Å²) in [5, 5.41) is 13.4. The lowest BCUT2D eigenvalue weighted by atomic mass is 9.33. The molecule has 8 atom stereocenters. The van der Waals surface area contributed by atoms with Crippen molar-refractivity contribution in [3.63, 3.8) is 0 Å². The molecule has 55 heavy (non-hydrogen) atoms. The number of nitrogens with one attached hydrogen (secondary N) is 1. The standard InChI is InChI=1S/C46H63ClN2O6/c1-27(2)37-30(50)24-45(19-16-35(51)49-46(22-23-46)33-13-10-28(47)26-48-33)21-20-43(8)29(38(37)45)11-12-32-42(7)17-15-34(55-36(52)25-40(3,4)39(53)54)41(5,6)31(42)14-18-44(32,43)9/h10,13,16,19,26-27,29,31-32,34H,11-12,14-15,17-18,20-25H2,1-9H3,(H,49,51)(H,53,54)/b19-16+/t29-,31+,32-,34+,42+,43-,44-,45+/m1/s1. The van der Waals surface area contributed by atoms with E-state index in [1.807, 2.05) is 12.1 Å². The summed E-state index contributed by atoms with van der Waals surface area (Å²) in [5.74, 6) is -0.111. The second-order valence-corrected chi connectivity index (χ2v) is 21.3. The highest BCUT2D eigenvalue weighted by Crippen LogP contribution is 2.77. The molecule has 1 amide bonds. The van der Waals surface area contributed by atoms with E-state index in [-0.39, 0.29) is 57.7 Å². The lowest BCUT2D eigenvalue weighted by molar-refractivity contribution is -0.232. The van der Waals surface area contributed by atoms with E-state index >= 15 is 0 Å². The third kappa shape index (κ3) is 6.25. The summed E-state index contributed by atoms with van der Waals surface area (Å²) < 4.78 is 6.17. The van der Waals surface area contributed by atoms with Gasteiger partial charge in [-0.3, -0.25) is 24.2 Å². The Balaban J connectivity index is 1.14. The summed E-state index contributed by atoms with van der Waals surface area (Å²) in [6, 6.07) is 3.71. The number of ketones is 1. The summed E-state index contributed by atoms with van der Waals surface area (Å²) >= 11 is 6.10. The van der Waals surface area contributed by atoms with Crippen LogP contribution in [0.25, 0.3) is 0 Å². The number of allylic oxidation sites excluding steroid dienone is 3. The highest BCUT2D eigenvalue weighted by molar-refractivity contribution is 6.30. The van der Waals surface area contributed by atoms with E-state index in [1.165, 1.54) is 5.57 Å². The van der Waals surface area contributed by atoms with Crippen molar-refractivity contribution >= 4 is 35.2 Å². The highest BCUT2D eigenvalue weighted by Gasteiger charge is 2.70. The number of ether oxygens (including phenoxy) is 1. The third-order valence-corrected chi connectivity index (χ3v) is 17.0. The molecule has 0 saturated heterocycles. The molecule has 5 saturated carbocycles. The lowest BCUT2D eigenvalue weighted by Crippen LogP contribution is -2.65. The van der Waals surface area contributed by atoms with Gasteiger partial charge in [-0.1, -0.05) is 66.1 Å². The molecule has 0 unspecified atom stereocenters. The first kappa shape index (κ1) is 40.2. The van der Waals surface area contributed by atoms with Gasteiger partial charge in [-0.05, 0) is 147 Å². The Morgan fingerprint density at radius 1 is 0.964 bits per heavy atom. The molecule has 9 heteroatoms. The van der Waals surface area contributed by atoms with Gasteiger partial charge in [-0.25, -0.2) is 0 Å². The number of esters is 1. The molecule has 2 N–H and O–H groups in total. The van der Waals surface area contributed by atoms with Crippen molar-refractivity contribution in [1.82, 2.24) is 10.3 Å². The van der Waals surface area contributed by atoms with Crippen molar-refractivity contribution in [2.45, 2.75) is 151 Å². The highest BCUT2D eigenvalue weighted by atomic mass is 35.5. The number of carboxylic acids is 1. The number of carbonyl (C=O) groups is 4. The van der Waals surface area contributed by atoms with Crippen molar-refractivity contribution in [1.29, 1.82) is 0 Å². The minimum Gasteiger partial charge on any atom is -0.481 e. The second kappa shape index (κ2) is 13.3. The van der Waals surface area contributed by atoms with E-state index in [0.717, 1.165) is 75.5 Å². The maximum atomic E-state index is 14.1. The van der Waals surface area contributed by atoms with Crippen LogP contribution in [0.3, 0.4) is 0 Å². The number of fused-ring (bicyclic) bond motifs is 7. The maximum absolute atomic E-state index is 14.1. The number of hydrogen-bond donors (Lipinski definition) is 2. The van der Waals surface area contributed by atoms with Gasteiger partial charge in [0.1, 0.15) is 6.10 Å². The average Bonchev–Trinajstić information content (AvgIpc) is 3.80. The van der Waals surface area contributed by atoms with E-state index in [4.69, 9.17) is 16.3 Å². The Labute approximate surface area is 333 Å². The van der Waals surface area contributed by atoms with Crippen LogP contribution in [-0.2, 0) is 29.5 Å². The molecule has 300 valence electrons. The first-order chi connectivity index (χ1) is 25.6. The van der Waals surface area contributed by atoms with Crippen LogP contribution in [0.1, 0.15) is 145 Å². The normalized spacial score (nSPS) is 37.5. The Morgan fingerprint density at radius 2 is 1.67 bits per heavy atom.